The van der Waals surface area contributed by atoms with Gasteiger partial charge in [0.1, 0.15) is 5.82 Å². The van der Waals surface area contributed by atoms with Crippen molar-refractivity contribution in [2.45, 2.75) is 18.9 Å². The van der Waals surface area contributed by atoms with E-state index in [0.717, 1.165) is 3.57 Å². The maximum absolute atomic E-state index is 14.1. The highest BCUT2D eigenvalue weighted by atomic mass is 127. The minimum Gasteiger partial charge on any atom is -0.465 e. The molecule has 142 valence electrons. The number of pyridine rings is 1. The van der Waals surface area contributed by atoms with Crippen LogP contribution in [-0.4, -0.2) is 46.1 Å². The van der Waals surface area contributed by atoms with Gasteiger partial charge >= 0.3 is 6.09 Å². The molecule has 1 saturated heterocycles. The molecule has 2 aromatic rings. The summed E-state index contributed by atoms with van der Waals surface area (Å²) < 4.78 is 14.9. The molecule has 0 radical (unpaired) electrons. The van der Waals surface area contributed by atoms with Crippen molar-refractivity contribution in [3.8, 4) is 0 Å². The van der Waals surface area contributed by atoms with Crippen molar-refractivity contribution in [1.29, 1.82) is 0 Å². The van der Waals surface area contributed by atoms with Crippen molar-refractivity contribution in [2.24, 2.45) is 0 Å². The third kappa shape index (κ3) is 4.85. The second-order valence-electron chi connectivity index (χ2n) is 6.19. The van der Waals surface area contributed by atoms with Crippen LogP contribution in [0, 0.1) is 9.39 Å². The Hall–Kier alpha value is -2.43. The van der Waals surface area contributed by atoms with Crippen molar-refractivity contribution in [3.05, 3.63) is 51.6 Å². The van der Waals surface area contributed by atoms with E-state index >= 15 is 0 Å². The molecule has 1 aromatic heterocycles. The number of carbonyl (C=O) groups is 2. The average Bonchev–Trinajstić information content (AvgIpc) is 2.64. The van der Waals surface area contributed by atoms with Crippen molar-refractivity contribution in [3.63, 3.8) is 0 Å². The van der Waals surface area contributed by atoms with Gasteiger partial charge in [-0.25, -0.2) is 9.18 Å². The molecule has 2 heterocycles. The Labute approximate surface area is 169 Å². The number of carbonyl (C=O) groups excluding carboxylic acids is 1. The standard InChI is InChI=1S/C18H18FIN4O3/c19-14-9-11(20)1-2-15(14)23-16-10-21-6-3-13(16)17(25)24-7-4-12(5-8-24)22-18(26)27/h1-3,6,9-10,12,22-23H,4-5,7-8H2,(H,26,27). The van der Waals surface area contributed by atoms with Crippen LogP contribution in [0.1, 0.15) is 23.2 Å². The fraction of sp³-hybridized carbons (Fsp3) is 0.278. The zero-order valence-electron chi connectivity index (χ0n) is 14.3. The molecule has 9 heteroatoms. The average molecular weight is 484 g/mol. The lowest BCUT2D eigenvalue weighted by Crippen LogP contribution is -2.46. The van der Waals surface area contributed by atoms with Gasteiger partial charge < -0.3 is 20.6 Å². The molecule has 1 fully saturated rings. The van der Waals surface area contributed by atoms with Crippen LogP contribution in [0.3, 0.4) is 0 Å². The van der Waals surface area contributed by atoms with Gasteiger partial charge in [0.2, 0.25) is 0 Å². The predicted molar refractivity (Wildman–Crippen MR) is 107 cm³/mol. The first-order valence-corrected chi connectivity index (χ1v) is 9.46. The highest BCUT2D eigenvalue weighted by molar-refractivity contribution is 14.1. The number of hydrogen-bond acceptors (Lipinski definition) is 4. The van der Waals surface area contributed by atoms with Crippen LogP contribution >= 0.6 is 22.6 Å². The number of benzene rings is 1. The first-order chi connectivity index (χ1) is 12.9. The van der Waals surface area contributed by atoms with Gasteiger partial charge in [-0.1, -0.05) is 0 Å². The van der Waals surface area contributed by atoms with Gasteiger partial charge in [-0.3, -0.25) is 9.78 Å². The van der Waals surface area contributed by atoms with Gasteiger partial charge in [-0.2, -0.15) is 0 Å². The van der Waals surface area contributed by atoms with E-state index in [1.54, 1.807) is 23.1 Å². The van der Waals surface area contributed by atoms with Gasteiger partial charge in [0, 0.05) is 28.9 Å². The first-order valence-electron chi connectivity index (χ1n) is 8.39. The number of hydrogen-bond donors (Lipinski definition) is 3. The molecule has 3 rings (SSSR count). The number of aromatic nitrogens is 1. The number of carboxylic acid groups (broad SMARTS) is 1. The maximum atomic E-state index is 14.1. The molecule has 2 amide bonds. The van der Waals surface area contributed by atoms with Gasteiger partial charge in [-0.15, -0.1) is 0 Å². The summed E-state index contributed by atoms with van der Waals surface area (Å²) in [4.78, 5) is 29.3. The Bertz CT molecular complexity index is 856. The van der Waals surface area contributed by atoms with E-state index in [2.05, 4.69) is 15.6 Å². The van der Waals surface area contributed by atoms with Gasteiger partial charge in [-0.05, 0) is 59.7 Å². The minimum atomic E-state index is -1.06. The van der Waals surface area contributed by atoms with E-state index in [1.807, 2.05) is 22.6 Å². The van der Waals surface area contributed by atoms with E-state index < -0.39 is 11.9 Å². The summed E-state index contributed by atoms with van der Waals surface area (Å²) in [6.45, 7) is 0.896. The second-order valence-corrected chi connectivity index (χ2v) is 7.43. The number of rotatable bonds is 4. The highest BCUT2D eigenvalue weighted by Crippen LogP contribution is 2.25. The van der Waals surface area contributed by atoms with Crippen molar-refractivity contribution < 1.29 is 19.1 Å². The second kappa shape index (κ2) is 8.51. The third-order valence-corrected chi connectivity index (χ3v) is 5.03. The number of nitrogens with one attached hydrogen (secondary N) is 2. The van der Waals surface area contributed by atoms with Crippen LogP contribution in [0.5, 0.6) is 0 Å². The summed E-state index contributed by atoms with van der Waals surface area (Å²) in [6, 6.07) is 6.23. The molecule has 0 saturated carbocycles. The van der Waals surface area contributed by atoms with Gasteiger partial charge in [0.25, 0.3) is 5.91 Å². The Morgan fingerprint density at radius 3 is 2.63 bits per heavy atom. The SMILES string of the molecule is O=C(O)NC1CCN(C(=O)c2ccncc2Nc2ccc(I)cc2F)CC1. The molecule has 0 spiro atoms. The van der Waals surface area contributed by atoms with Crippen LogP contribution in [0.2, 0.25) is 0 Å². The van der Waals surface area contributed by atoms with Crippen LogP contribution < -0.4 is 10.6 Å². The van der Waals surface area contributed by atoms with Crippen LogP contribution in [0.4, 0.5) is 20.6 Å². The normalized spacial score (nSPS) is 14.7. The summed E-state index contributed by atoms with van der Waals surface area (Å²) >= 11 is 2.03. The maximum Gasteiger partial charge on any atom is 0.404 e. The summed E-state index contributed by atoms with van der Waals surface area (Å²) in [7, 11) is 0. The topological polar surface area (TPSA) is 94.6 Å². The third-order valence-electron chi connectivity index (χ3n) is 4.36. The molecule has 3 N–H and O–H groups in total. The molecular formula is C18H18FIN4O3. The minimum absolute atomic E-state index is 0.150. The van der Waals surface area contributed by atoms with Crippen molar-refractivity contribution >= 4 is 46.0 Å². The summed E-state index contributed by atoms with van der Waals surface area (Å²) in [5.74, 6) is -0.607. The molecule has 0 atom stereocenters. The van der Waals surface area contributed by atoms with E-state index in [-0.39, 0.29) is 17.6 Å². The highest BCUT2D eigenvalue weighted by Gasteiger charge is 2.26. The fourth-order valence-corrected chi connectivity index (χ4v) is 3.44. The molecule has 0 unspecified atom stereocenters. The first kappa shape index (κ1) is 19.3. The summed E-state index contributed by atoms with van der Waals surface area (Å²) in [5, 5.41) is 14.2. The largest absolute Gasteiger partial charge is 0.465 e. The van der Waals surface area contributed by atoms with E-state index in [4.69, 9.17) is 5.11 Å². The quantitative estimate of drug-likeness (QED) is 0.579. The predicted octanol–water partition coefficient (Wildman–Crippen LogP) is 3.44. The summed E-state index contributed by atoms with van der Waals surface area (Å²) in [5.41, 5.74) is 1.09. The molecule has 0 bridgehead atoms. The lowest BCUT2D eigenvalue weighted by molar-refractivity contribution is 0.0707. The van der Waals surface area contributed by atoms with Crippen LogP contribution in [-0.2, 0) is 0 Å². The van der Waals surface area contributed by atoms with Crippen molar-refractivity contribution in [1.82, 2.24) is 15.2 Å². The molecular weight excluding hydrogens is 466 g/mol. The van der Waals surface area contributed by atoms with Gasteiger partial charge in [0.15, 0.2) is 0 Å². The van der Waals surface area contributed by atoms with Gasteiger partial charge in [0.05, 0.1) is 23.1 Å². The Morgan fingerprint density at radius 1 is 1.22 bits per heavy atom. The lowest BCUT2D eigenvalue weighted by Gasteiger charge is -2.32. The van der Waals surface area contributed by atoms with Crippen LogP contribution in [0.15, 0.2) is 36.7 Å². The molecule has 1 aliphatic rings. The molecule has 7 nitrogen and oxygen atoms in total. The molecule has 1 aromatic carbocycles. The lowest BCUT2D eigenvalue weighted by atomic mass is 10.0. The van der Waals surface area contributed by atoms with Crippen LogP contribution in [0.25, 0.3) is 0 Å². The Morgan fingerprint density at radius 2 is 1.96 bits per heavy atom. The Kier molecular flexibility index (Phi) is 6.09. The molecule has 27 heavy (non-hydrogen) atoms. The zero-order valence-corrected chi connectivity index (χ0v) is 16.4. The smallest absolute Gasteiger partial charge is 0.404 e. The van der Waals surface area contributed by atoms with E-state index in [1.165, 1.54) is 18.5 Å². The molecule has 1 aliphatic heterocycles. The number of likely N-dealkylation sites (tertiary alicyclic amines) is 1. The number of nitrogens with zero attached hydrogens (tertiary/aromatic N) is 2. The zero-order chi connectivity index (χ0) is 19.4. The number of amides is 2. The monoisotopic (exact) mass is 484 g/mol. The number of halogens is 2. The fourth-order valence-electron chi connectivity index (χ4n) is 2.99. The summed E-state index contributed by atoms with van der Waals surface area (Å²) in [6.07, 6.45) is 3.06. The number of anilines is 2. The van der Waals surface area contributed by atoms with E-state index in [0.29, 0.717) is 37.2 Å². The number of piperidine rings is 1. The Balaban J connectivity index is 1.74. The van der Waals surface area contributed by atoms with E-state index in [9.17, 15) is 14.0 Å². The van der Waals surface area contributed by atoms with Crippen molar-refractivity contribution in [2.75, 3.05) is 18.4 Å². The molecule has 0 aliphatic carbocycles.